The van der Waals surface area contributed by atoms with Crippen LogP contribution in [0.1, 0.15) is 19.3 Å². The lowest BCUT2D eigenvalue weighted by Gasteiger charge is -2.28. The highest BCUT2D eigenvalue weighted by molar-refractivity contribution is 5.74. The van der Waals surface area contributed by atoms with E-state index in [4.69, 9.17) is 4.74 Å². The first kappa shape index (κ1) is 14.8. The second-order valence-corrected chi connectivity index (χ2v) is 5.59. The number of nitrogens with one attached hydrogen (secondary N) is 1. The number of aromatic amines is 1. The zero-order chi connectivity index (χ0) is 15.7. The normalized spacial score (nSPS) is 15.6. The predicted molar refractivity (Wildman–Crippen MR) is 83.5 cm³/mol. The van der Waals surface area contributed by atoms with Crippen LogP contribution in [0.4, 0.5) is 5.95 Å². The van der Waals surface area contributed by atoms with E-state index < -0.39 is 11.2 Å². The third-order valence-corrected chi connectivity index (χ3v) is 4.14. The second kappa shape index (κ2) is 5.96. The van der Waals surface area contributed by atoms with Crippen molar-refractivity contribution in [2.45, 2.75) is 25.8 Å². The van der Waals surface area contributed by atoms with E-state index in [1.807, 2.05) is 4.57 Å². The lowest BCUT2D eigenvalue weighted by molar-refractivity contribution is 0.188. The molecule has 3 rings (SSSR count). The maximum Gasteiger partial charge on any atom is 0.329 e. The van der Waals surface area contributed by atoms with Gasteiger partial charge in [0.15, 0.2) is 11.2 Å². The number of hydrogen-bond donors (Lipinski definition) is 1. The van der Waals surface area contributed by atoms with Crippen molar-refractivity contribution in [2.24, 2.45) is 7.05 Å². The molecule has 1 aliphatic heterocycles. The number of fused-ring (bicyclic) bond motifs is 1. The van der Waals surface area contributed by atoms with Gasteiger partial charge in [0.1, 0.15) is 0 Å². The number of aryl methyl sites for hydroxylation is 1. The van der Waals surface area contributed by atoms with Gasteiger partial charge in [0.25, 0.3) is 5.56 Å². The Morgan fingerprint density at radius 1 is 1.23 bits per heavy atom. The van der Waals surface area contributed by atoms with Crippen LogP contribution in [0.2, 0.25) is 0 Å². The molecule has 120 valence electrons. The van der Waals surface area contributed by atoms with Gasteiger partial charge < -0.3 is 14.2 Å². The van der Waals surface area contributed by atoms with Crippen LogP contribution in [-0.2, 0) is 18.3 Å². The average molecular weight is 307 g/mol. The smallest absolute Gasteiger partial charge is 0.329 e. The van der Waals surface area contributed by atoms with Crippen LogP contribution in [0, 0.1) is 0 Å². The molecule has 1 fully saturated rings. The van der Waals surface area contributed by atoms with Crippen molar-refractivity contribution < 1.29 is 4.74 Å². The van der Waals surface area contributed by atoms with Crippen molar-refractivity contribution >= 4 is 17.1 Å². The van der Waals surface area contributed by atoms with E-state index in [0.717, 1.165) is 31.9 Å². The van der Waals surface area contributed by atoms with Crippen molar-refractivity contribution in [1.82, 2.24) is 19.1 Å². The lowest BCUT2D eigenvalue weighted by atomic mass is 10.1. The minimum atomic E-state index is -0.445. The van der Waals surface area contributed by atoms with Gasteiger partial charge in [-0.2, -0.15) is 4.98 Å². The number of ether oxygens (including phenoxy) is 1. The third-order valence-electron chi connectivity index (χ3n) is 4.14. The van der Waals surface area contributed by atoms with Crippen molar-refractivity contribution in [3.63, 3.8) is 0 Å². The molecule has 0 bridgehead atoms. The molecule has 1 N–H and O–H groups in total. The number of nitrogens with zero attached hydrogens (tertiary/aromatic N) is 4. The fourth-order valence-corrected chi connectivity index (χ4v) is 2.95. The molecule has 0 saturated carbocycles. The first-order chi connectivity index (χ1) is 10.6. The highest BCUT2D eigenvalue weighted by atomic mass is 16.5. The summed E-state index contributed by atoms with van der Waals surface area (Å²) in [6, 6.07) is 0. The summed E-state index contributed by atoms with van der Waals surface area (Å²) in [5, 5.41) is 0. The minimum Gasteiger partial charge on any atom is -0.383 e. The summed E-state index contributed by atoms with van der Waals surface area (Å²) in [4.78, 5) is 33.1. The van der Waals surface area contributed by atoms with Gasteiger partial charge in [-0.15, -0.1) is 0 Å². The molecule has 0 spiro atoms. The van der Waals surface area contributed by atoms with Gasteiger partial charge in [-0.1, -0.05) is 0 Å². The Labute approximate surface area is 127 Å². The van der Waals surface area contributed by atoms with Crippen LogP contribution in [-0.4, -0.2) is 45.9 Å². The van der Waals surface area contributed by atoms with Crippen LogP contribution in [0.25, 0.3) is 11.2 Å². The Morgan fingerprint density at radius 2 is 1.95 bits per heavy atom. The topological polar surface area (TPSA) is 85.2 Å². The molecule has 0 atom stereocenters. The summed E-state index contributed by atoms with van der Waals surface area (Å²) in [5.74, 6) is 0.749. The highest BCUT2D eigenvalue weighted by Crippen LogP contribution is 2.22. The average Bonchev–Trinajstić information content (AvgIpc) is 2.91. The summed E-state index contributed by atoms with van der Waals surface area (Å²) in [6.07, 6.45) is 3.44. The Bertz CT molecular complexity index is 782. The van der Waals surface area contributed by atoms with Crippen molar-refractivity contribution in [1.29, 1.82) is 0 Å². The predicted octanol–water partition coefficient (Wildman–Crippen LogP) is 0.0600. The van der Waals surface area contributed by atoms with Crippen LogP contribution in [0.5, 0.6) is 0 Å². The van der Waals surface area contributed by atoms with E-state index in [2.05, 4.69) is 14.9 Å². The molecule has 1 aliphatic rings. The Balaban J connectivity index is 2.21. The first-order valence-corrected chi connectivity index (χ1v) is 7.57. The fourth-order valence-electron chi connectivity index (χ4n) is 2.95. The molecule has 1 saturated heterocycles. The van der Waals surface area contributed by atoms with E-state index in [-0.39, 0.29) is 0 Å². The molecule has 3 heterocycles. The maximum absolute atomic E-state index is 12.2. The highest BCUT2D eigenvalue weighted by Gasteiger charge is 2.22. The largest absolute Gasteiger partial charge is 0.383 e. The molecule has 22 heavy (non-hydrogen) atoms. The molecule has 0 aliphatic carbocycles. The van der Waals surface area contributed by atoms with Gasteiger partial charge in [0.2, 0.25) is 5.95 Å². The standard InChI is InChI=1S/C14H21N5O3/c1-17-11-10(12(20)16-14(17)21)19(8-9-22-2)13(15-11)18-6-4-3-5-7-18/h3-9H2,1-2H3,(H,16,20,21). The molecule has 8 nitrogen and oxygen atoms in total. The van der Waals surface area contributed by atoms with Crippen LogP contribution >= 0.6 is 0 Å². The lowest BCUT2D eigenvalue weighted by Crippen LogP contribution is -2.32. The zero-order valence-corrected chi connectivity index (χ0v) is 13.0. The van der Waals surface area contributed by atoms with Crippen LogP contribution in [0.3, 0.4) is 0 Å². The number of rotatable bonds is 4. The summed E-state index contributed by atoms with van der Waals surface area (Å²) < 4.78 is 8.40. The molecule has 0 amide bonds. The van der Waals surface area contributed by atoms with Crippen LogP contribution < -0.4 is 16.1 Å². The van der Waals surface area contributed by atoms with E-state index in [1.165, 1.54) is 11.0 Å². The molecule has 2 aromatic rings. The molecule has 0 unspecified atom stereocenters. The van der Waals surface area contributed by atoms with Gasteiger partial charge >= 0.3 is 5.69 Å². The number of imidazole rings is 1. The number of anilines is 1. The summed E-state index contributed by atoms with van der Waals surface area (Å²) in [6.45, 7) is 2.85. The Morgan fingerprint density at radius 3 is 2.64 bits per heavy atom. The number of methoxy groups -OCH3 is 1. The number of hydrogen-bond acceptors (Lipinski definition) is 5. The number of H-pyrrole nitrogens is 1. The molecule has 8 heteroatoms. The first-order valence-electron chi connectivity index (χ1n) is 7.57. The molecular weight excluding hydrogens is 286 g/mol. The van der Waals surface area contributed by atoms with Gasteiger partial charge in [0.05, 0.1) is 6.61 Å². The van der Waals surface area contributed by atoms with Crippen molar-refractivity contribution in [2.75, 3.05) is 31.7 Å². The molecule has 2 aromatic heterocycles. The van der Waals surface area contributed by atoms with E-state index >= 15 is 0 Å². The van der Waals surface area contributed by atoms with E-state index in [0.29, 0.717) is 24.3 Å². The molecule has 0 aromatic carbocycles. The maximum atomic E-state index is 12.2. The summed E-state index contributed by atoms with van der Waals surface area (Å²) in [5.41, 5.74) is 0.00852. The van der Waals surface area contributed by atoms with Gasteiger partial charge in [0, 0.05) is 33.8 Å². The number of piperidine rings is 1. The van der Waals surface area contributed by atoms with Crippen LogP contribution in [0.15, 0.2) is 9.59 Å². The van der Waals surface area contributed by atoms with E-state index in [1.54, 1.807) is 14.2 Å². The van der Waals surface area contributed by atoms with Gasteiger partial charge in [-0.05, 0) is 19.3 Å². The quantitative estimate of drug-likeness (QED) is 0.863. The van der Waals surface area contributed by atoms with Crippen molar-refractivity contribution in [3.8, 4) is 0 Å². The number of aromatic nitrogens is 4. The van der Waals surface area contributed by atoms with Gasteiger partial charge in [-0.3, -0.25) is 14.3 Å². The Kier molecular flexibility index (Phi) is 4.02. The minimum absolute atomic E-state index is 0.398. The second-order valence-electron chi connectivity index (χ2n) is 5.59. The summed E-state index contributed by atoms with van der Waals surface area (Å²) in [7, 11) is 3.24. The zero-order valence-electron chi connectivity index (χ0n) is 13.0. The van der Waals surface area contributed by atoms with E-state index in [9.17, 15) is 9.59 Å². The monoisotopic (exact) mass is 307 g/mol. The van der Waals surface area contributed by atoms with Gasteiger partial charge in [-0.25, -0.2) is 4.79 Å². The molecular formula is C14H21N5O3. The summed E-state index contributed by atoms with van der Waals surface area (Å²) >= 11 is 0. The SMILES string of the molecule is COCCn1c(N2CCCCC2)nc2c1c(=O)[nH]c(=O)n2C. The molecule has 0 radical (unpaired) electrons. The van der Waals surface area contributed by atoms with Crippen molar-refractivity contribution in [3.05, 3.63) is 20.8 Å². The third kappa shape index (κ3) is 2.43. The Hall–Kier alpha value is -2.09. The fraction of sp³-hybridized carbons (Fsp3) is 0.643.